The van der Waals surface area contributed by atoms with Gasteiger partial charge < -0.3 is 20.1 Å². The summed E-state index contributed by atoms with van der Waals surface area (Å²) in [5, 5.41) is 11.9. The number of amides is 2. The molecule has 0 aliphatic rings. The van der Waals surface area contributed by atoms with Crippen LogP contribution in [0.2, 0.25) is 0 Å². The average molecular weight is 334 g/mol. The van der Waals surface area contributed by atoms with Crippen molar-refractivity contribution in [3.05, 3.63) is 48.0 Å². The first kappa shape index (κ1) is 19.2. The Morgan fingerprint density at radius 1 is 1.29 bits per heavy atom. The lowest BCUT2D eigenvalue weighted by Crippen LogP contribution is -2.49. The molecule has 1 aromatic carbocycles. The van der Waals surface area contributed by atoms with Crippen molar-refractivity contribution in [1.29, 1.82) is 0 Å². The molecule has 1 atom stereocenters. The summed E-state index contributed by atoms with van der Waals surface area (Å²) < 4.78 is 4.85. The predicted molar refractivity (Wildman–Crippen MR) is 88.5 cm³/mol. The molecule has 2 N–H and O–H groups in total. The van der Waals surface area contributed by atoms with E-state index in [2.05, 4.69) is 11.9 Å². The molecule has 0 aliphatic carbocycles. The third-order valence-corrected chi connectivity index (χ3v) is 3.30. The monoisotopic (exact) mass is 334 g/mol. The molecule has 0 fully saturated rings. The van der Waals surface area contributed by atoms with Gasteiger partial charge in [0, 0.05) is 19.0 Å². The van der Waals surface area contributed by atoms with Crippen molar-refractivity contribution < 1.29 is 24.2 Å². The molecule has 1 unspecified atom stereocenters. The number of benzene rings is 1. The highest BCUT2D eigenvalue weighted by molar-refractivity contribution is 5.87. The number of carbonyl (C=O) groups is 3. The van der Waals surface area contributed by atoms with Crippen molar-refractivity contribution in [3.63, 3.8) is 0 Å². The predicted octanol–water partition coefficient (Wildman–Crippen LogP) is 1.44. The lowest BCUT2D eigenvalue weighted by atomic mass is 10.1. The minimum atomic E-state index is -1.09. The standard InChI is InChI=1S/C17H22N2O5/c1-12(2)16(22)24-10-9-18-17(23)19(3)14(15(20)21)11-13-7-5-4-6-8-13/h4-8,14H,1,9-11H2,2-3H3,(H,18,23)(H,20,21). The van der Waals surface area contributed by atoms with E-state index in [0.717, 1.165) is 10.5 Å². The van der Waals surface area contributed by atoms with Gasteiger partial charge in [-0.25, -0.2) is 14.4 Å². The molecule has 0 heterocycles. The van der Waals surface area contributed by atoms with E-state index >= 15 is 0 Å². The van der Waals surface area contributed by atoms with Crippen LogP contribution in [0.25, 0.3) is 0 Å². The molecule has 130 valence electrons. The van der Waals surface area contributed by atoms with Gasteiger partial charge in [0.1, 0.15) is 12.6 Å². The van der Waals surface area contributed by atoms with Gasteiger partial charge in [0.15, 0.2) is 0 Å². The fourth-order valence-corrected chi connectivity index (χ4v) is 1.92. The van der Waals surface area contributed by atoms with Crippen LogP contribution in [0.15, 0.2) is 42.5 Å². The van der Waals surface area contributed by atoms with E-state index in [0.29, 0.717) is 0 Å². The number of carbonyl (C=O) groups excluding carboxylic acids is 2. The number of carboxylic acid groups (broad SMARTS) is 1. The van der Waals surface area contributed by atoms with Gasteiger partial charge in [-0.3, -0.25) is 0 Å². The van der Waals surface area contributed by atoms with Crippen LogP contribution in [-0.4, -0.2) is 54.2 Å². The summed E-state index contributed by atoms with van der Waals surface area (Å²) in [6, 6.07) is 7.52. The maximum absolute atomic E-state index is 12.1. The first-order valence-electron chi connectivity index (χ1n) is 7.43. The summed E-state index contributed by atoms with van der Waals surface area (Å²) in [5.41, 5.74) is 1.09. The zero-order valence-corrected chi connectivity index (χ0v) is 13.8. The summed E-state index contributed by atoms with van der Waals surface area (Å²) in [5.74, 6) is -1.63. The van der Waals surface area contributed by atoms with Crippen LogP contribution >= 0.6 is 0 Å². The van der Waals surface area contributed by atoms with Crippen LogP contribution < -0.4 is 5.32 Å². The highest BCUT2D eigenvalue weighted by atomic mass is 16.5. The zero-order valence-electron chi connectivity index (χ0n) is 13.8. The number of urea groups is 1. The Morgan fingerprint density at radius 2 is 1.92 bits per heavy atom. The Labute approximate surface area is 140 Å². The number of nitrogens with zero attached hydrogens (tertiary/aromatic N) is 1. The van der Waals surface area contributed by atoms with Crippen LogP contribution in [0.5, 0.6) is 0 Å². The second kappa shape index (κ2) is 9.34. The maximum atomic E-state index is 12.1. The summed E-state index contributed by atoms with van der Waals surface area (Å²) >= 11 is 0. The molecule has 7 nitrogen and oxygen atoms in total. The van der Waals surface area contributed by atoms with E-state index in [-0.39, 0.29) is 25.1 Å². The molecule has 0 radical (unpaired) electrons. The maximum Gasteiger partial charge on any atom is 0.333 e. The molecular formula is C17H22N2O5. The van der Waals surface area contributed by atoms with Crippen LogP contribution in [0.1, 0.15) is 12.5 Å². The lowest BCUT2D eigenvalue weighted by molar-refractivity contribution is -0.141. The first-order valence-corrected chi connectivity index (χ1v) is 7.43. The molecule has 1 aromatic rings. The SMILES string of the molecule is C=C(C)C(=O)OCCNC(=O)N(C)C(Cc1ccccc1)C(=O)O. The Balaban J connectivity index is 2.52. The molecule has 0 aliphatic heterocycles. The van der Waals surface area contributed by atoms with Gasteiger partial charge in [-0.1, -0.05) is 36.9 Å². The van der Waals surface area contributed by atoms with Gasteiger partial charge in [0.25, 0.3) is 0 Å². The molecule has 0 spiro atoms. The Kier molecular flexibility index (Phi) is 7.48. The van der Waals surface area contributed by atoms with Crippen LogP contribution in [-0.2, 0) is 20.7 Å². The summed E-state index contributed by atoms with van der Waals surface area (Å²) in [6.45, 7) is 5.04. The molecule has 1 rings (SSSR count). The number of hydrogen-bond acceptors (Lipinski definition) is 4. The molecular weight excluding hydrogens is 312 g/mol. The fourth-order valence-electron chi connectivity index (χ4n) is 1.92. The van der Waals surface area contributed by atoms with Crippen molar-refractivity contribution >= 4 is 18.0 Å². The molecule has 0 saturated carbocycles. The Morgan fingerprint density at radius 3 is 2.46 bits per heavy atom. The normalized spacial score (nSPS) is 11.2. The number of rotatable bonds is 8. The highest BCUT2D eigenvalue weighted by Crippen LogP contribution is 2.08. The second-order valence-electron chi connectivity index (χ2n) is 5.30. The molecule has 0 aromatic heterocycles. The van der Waals surface area contributed by atoms with Crippen LogP contribution in [0.4, 0.5) is 4.79 Å². The van der Waals surface area contributed by atoms with Gasteiger partial charge in [-0.15, -0.1) is 0 Å². The van der Waals surface area contributed by atoms with Crippen molar-refractivity contribution in [3.8, 4) is 0 Å². The molecule has 0 saturated heterocycles. The summed E-state index contributed by atoms with van der Waals surface area (Å²) in [4.78, 5) is 35.8. The molecule has 0 bridgehead atoms. The van der Waals surface area contributed by atoms with Crippen molar-refractivity contribution in [2.24, 2.45) is 0 Å². The van der Waals surface area contributed by atoms with Gasteiger partial charge >= 0.3 is 18.0 Å². The second-order valence-corrected chi connectivity index (χ2v) is 5.30. The van der Waals surface area contributed by atoms with E-state index < -0.39 is 24.0 Å². The zero-order chi connectivity index (χ0) is 18.1. The first-order chi connectivity index (χ1) is 11.3. The smallest absolute Gasteiger partial charge is 0.333 e. The number of likely N-dealkylation sites (N-methyl/N-ethyl adjacent to an activating group) is 1. The topological polar surface area (TPSA) is 95.9 Å². The van der Waals surface area contributed by atoms with Gasteiger partial charge in [0.2, 0.25) is 0 Å². The number of carboxylic acids is 1. The average Bonchev–Trinajstić information content (AvgIpc) is 2.56. The van der Waals surface area contributed by atoms with E-state index in [4.69, 9.17) is 4.74 Å². The van der Waals surface area contributed by atoms with Crippen molar-refractivity contribution in [2.75, 3.05) is 20.2 Å². The number of hydrogen-bond donors (Lipinski definition) is 2. The molecule has 2 amide bonds. The van der Waals surface area contributed by atoms with Crippen LogP contribution in [0.3, 0.4) is 0 Å². The number of esters is 1. The number of ether oxygens (including phenoxy) is 1. The summed E-state index contributed by atoms with van der Waals surface area (Å²) in [7, 11) is 1.41. The minimum absolute atomic E-state index is 0.0122. The number of aliphatic carboxylic acids is 1. The van der Waals surface area contributed by atoms with E-state index in [1.807, 2.05) is 18.2 Å². The van der Waals surface area contributed by atoms with Crippen molar-refractivity contribution in [1.82, 2.24) is 10.2 Å². The van der Waals surface area contributed by atoms with E-state index in [9.17, 15) is 19.5 Å². The van der Waals surface area contributed by atoms with E-state index in [1.165, 1.54) is 14.0 Å². The fraction of sp³-hybridized carbons (Fsp3) is 0.353. The van der Waals surface area contributed by atoms with Gasteiger partial charge in [-0.05, 0) is 12.5 Å². The lowest BCUT2D eigenvalue weighted by Gasteiger charge is -2.25. The third kappa shape index (κ3) is 6.12. The third-order valence-electron chi connectivity index (χ3n) is 3.30. The van der Waals surface area contributed by atoms with Gasteiger partial charge in [0.05, 0.1) is 6.54 Å². The number of nitrogens with one attached hydrogen (secondary N) is 1. The quantitative estimate of drug-likeness (QED) is 0.426. The van der Waals surface area contributed by atoms with E-state index in [1.54, 1.807) is 12.1 Å². The molecule has 24 heavy (non-hydrogen) atoms. The Bertz CT molecular complexity index is 600. The van der Waals surface area contributed by atoms with Gasteiger partial charge in [-0.2, -0.15) is 0 Å². The summed E-state index contributed by atoms with van der Waals surface area (Å²) in [6.07, 6.45) is 0.199. The minimum Gasteiger partial charge on any atom is -0.480 e. The Hall–Kier alpha value is -2.83. The molecule has 7 heteroatoms. The largest absolute Gasteiger partial charge is 0.480 e. The highest BCUT2D eigenvalue weighted by Gasteiger charge is 2.26. The van der Waals surface area contributed by atoms with Crippen LogP contribution in [0, 0.1) is 0 Å². The van der Waals surface area contributed by atoms with Crippen molar-refractivity contribution in [2.45, 2.75) is 19.4 Å².